The molecule has 0 radical (unpaired) electrons. The molecular formula is C23H23N3O. The van der Waals surface area contributed by atoms with E-state index in [1.54, 1.807) is 6.20 Å². The number of aromatic nitrogens is 1. The Balaban J connectivity index is 1.73. The maximum atomic E-state index is 6.24. The lowest BCUT2D eigenvalue weighted by Gasteiger charge is -2.24. The predicted octanol–water partition coefficient (Wildman–Crippen LogP) is 5.86. The van der Waals surface area contributed by atoms with E-state index < -0.39 is 0 Å². The van der Waals surface area contributed by atoms with Crippen LogP contribution in [-0.2, 0) is 0 Å². The van der Waals surface area contributed by atoms with Gasteiger partial charge in [-0.15, -0.1) is 0 Å². The highest BCUT2D eigenvalue weighted by Gasteiger charge is 2.30. The number of hydrogen-bond acceptors (Lipinski definition) is 4. The third-order valence-corrected chi connectivity index (χ3v) is 5.27. The average Bonchev–Trinajstić information content (AvgIpc) is 3.20. The summed E-state index contributed by atoms with van der Waals surface area (Å²) in [4.78, 5) is 9.26. The van der Waals surface area contributed by atoms with Gasteiger partial charge in [-0.3, -0.25) is 0 Å². The fourth-order valence-corrected chi connectivity index (χ4v) is 4.17. The lowest BCUT2D eigenvalue weighted by atomic mass is 10.1. The fraction of sp³-hybridized carbons (Fsp3) is 0.261. The van der Waals surface area contributed by atoms with E-state index >= 15 is 0 Å². The van der Waals surface area contributed by atoms with Gasteiger partial charge >= 0.3 is 0 Å². The van der Waals surface area contributed by atoms with Crippen LogP contribution in [0.5, 0.6) is 0 Å². The van der Waals surface area contributed by atoms with E-state index in [0.29, 0.717) is 11.6 Å². The van der Waals surface area contributed by atoms with E-state index in [1.807, 2.05) is 6.07 Å². The summed E-state index contributed by atoms with van der Waals surface area (Å²) < 4.78 is 6.24. The quantitative estimate of drug-likeness (QED) is 0.460. The Labute approximate surface area is 159 Å². The first-order valence-electron chi connectivity index (χ1n) is 9.52. The van der Waals surface area contributed by atoms with Crippen molar-refractivity contribution >= 4 is 39.1 Å². The number of pyridine rings is 1. The molecule has 0 saturated carbocycles. The summed E-state index contributed by atoms with van der Waals surface area (Å²) in [6.07, 6.45) is 1.78. The van der Waals surface area contributed by atoms with Crippen LogP contribution in [0.2, 0.25) is 0 Å². The minimum Gasteiger partial charge on any atom is -0.435 e. The Morgan fingerprint density at radius 3 is 2.63 bits per heavy atom. The van der Waals surface area contributed by atoms with Crippen LogP contribution in [0, 0.1) is 12.8 Å². The molecule has 0 fully saturated rings. The van der Waals surface area contributed by atoms with Gasteiger partial charge in [0.2, 0.25) is 5.71 Å². The number of furan rings is 1. The van der Waals surface area contributed by atoms with E-state index in [2.05, 4.69) is 78.0 Å². The average molecular weight is 357 g/mol. The van der Waals surface area contributed by atoms with E-state index in [-0.39, 0.29) is 0 Å². The molecule has 4 aromatic rings. The number of benzene rings is 2. The topological polar surface area (TPSA) is 32.5 Å². The molecule has 0 bridgehead atoms. The smallest absolute Gasteiger partial charge is 0.227 e. The van der Waals surface area contributed by atoms with Gasteiger partial charge < -0.3 is 14.2 Å². The predicted molar refractivity (Wildman–Crippen MR) is 112 cm³/mol. The number of anilines is 3. The zero-order valence-electron chi connectivity index (χ0n) is 15.9. The Morgan fingerprint density at radius 2 is 1.81 bits per heavy atom. The van der Waals surface area contributed by atoms with Crippen LogP contribution in [0.4, 0.5) is 17.1 Å². The highest BCUT2D eigenvalue weighted by molar-refractivity contribution is 6.09. The molecule has 0 saturated heterocycles. The van der Waals surface area contributed by atoms with Gasteiger partial charge in [0.15, 0.2) is 5.58 Å². The second kappa shape index (κ2) is 6.02. The van der Waals surface area contributed by atoms with Crippen molar-refractivity contribution in [2.24, 2.45) is 5.92 Å². The van der Waals surface area contributed by atoms with Crippen LogP contribution in [-0.4, -0.2) is 18.2 Å². The van der Waals surface area contributed by atoms with Crippen molar-refractivity contribution in [3.05, 3.63) is 60.3 Å². The standard InChI is InChI=1S/C23H23N3O/c1-15(2)13-25-14-26(20-9-5-4-8-19(20)25)21-16(3)10-11-17-18-7-6-12-24-23(18)27-22(17)21/h4-12,15H,13-14H2,1-3H3. The van der Waals surface area contributed by atoms with Crippen LogP contribution >= 0.6 is 0 Å². The molecule has 0 N–H and O–H groups in total. The van der Waals surface area contributed by atoms with Crippen LogP contribution in [0.25, 0.3) is 22.1 Å². The first kappa shape index (κ1) is 16.2. The first-order valence-corrected chi connectivity index (χ1v) is 9.52. The monoisotopic (exact) mass is 357 g/mol. The number of hydrogen-bond donors (Lipinski definition) is 0. The van der Waals surface area contributed by atoms with Crippen molar-refractivity contribution in [1.82, 2.24) is 4.98 Å². The summed E-state index contributed by atoms with van der Waals surface area (Å²) in [5, 5.41) is 2.19. The largest absolute Gasteiger partial charge is 0.435 e. The number of aryl methyl sites for hydroxylation is 1. The maximum absolute atomic E-state index is 6.24. The Morgan fingerprint density at radius 1 is 1.00 bits per heavy atom. The fourth-order valence-electron chi connectivity index (χ4n) is 4.17. The zero-order chi connectivity index (χ0) is 18.5. The summed E-state index contributed by atoms with van der Waals surface area (Å²) in [6.45, 7) is 8.56. The normalized spacial score (nSPS) is 13.9. The van der Waals surface area contributed by atoms with Gasteiger partial charge in [-0.05, 0) is 42.7 Å². The van der Waals surface area contributed by atoms with Gasteiger partial charge in [0, 0.05) is 23.5 Å². The lowest BCUT2D eigenvalue weighted by molar-refractivity contribution is 0.620. The van der Waals surface area contributed by atoms with E-state index in [9.17, 15) is 0 Å². The summed E-state index contributed by atoms with van der Waals surface area (Å²) in [7, 11) is 0. The molecule has 4 nitrogen and oxygen atoms in total. The number of rotatable bonds is 3. The highest BCUT2D eigenvalue weighted by atomic mass is 16.3. The van der Waals surface area contributed by atoms with Crippen LogP contribution in [0.3, 0.4) is 0 Å². The molecule has 0 atom stereocenters. The van der Waals surface area contributed by atoms with Crippen molar-refractivity contribution < 1.29 is 4.42 Å². The van der Waals surface area contributed by atoms with Gasteiger partial charge in [-0.25, -0.2) is 4.98 Å². The third kappa shape index (κ3) is 2.47. The molecule has 1 aliphatic rings. The number of fused-ring (bicyclic) bond motifs is 4. The van der Waals surface area contributed by atoms with Crippen molar-refractivity contribution in [2.45, 2.75) is 20.8 Å². The first-order chi connectivity index (χ1) is 13.1. The van der Waals surface area contributed by atoms with Gasteiger partial charge in [0.05, 0.1) is 23.7 Å². The second-order valence-electron chi connectivity index (χ2n) is 7.74. The molecule has 4 heteroatoms. The number of nitrogens with zero attached hydrogens (tertiary/aromatic N) is 3. The van der Waals surface area contributed by atoms with Crippen molar-refractivity contribution in [3.63, 3.8) is 0 Å². The molecule has 0 aliphatic carbocycles. The van der Waals surface area contributed by atoms with E-state index in [1.165, 1.54) is 16.9 Å². The van der Waals surface area contributed by atoms with Crippen molar-refractivity contribution in [1.29, 1.82) is 0 Å². The molecule has 3 heterocycles. The van der Waals surface area contributed by atoms with Crippen molar-refractivity contribution in [3.8, 4) is 0 Å². The zero-order valence-corrected chi connectivity index (χ0v) is 15.9. The Bertz CT molecular complexity index is 1140. The minimum atomic E-state index is 0.602. The molecule has 27 heavy (non-hydrogen) atoms. The Hall–Kier alpha value is -3.01. The maximum Gasteiger partial charge on any atom is 0.227 e. The summed E-state index contributed by atoms with van der Waals surface area (Å²) in [5.74, 6) is 0.602. The molecule has 0 amide bonds. The van der Waals surface area contributed by atoms with Gasteiger partial charge in [0.1, 0.15) is 0 Å². The Kier molecular flexibility index (Phi) is 3.61. The lowest BCUT2D eigenvalue weighted by Crippen LogP contribution is -2.31. The molecule has 0 spiro atoms. The molecule has 0 unspecified atom stereocenters. The molecule has 2 aromatic carbocycles. The highest BCUT2D eigenvalue weighted by Crippen LogP contribution is 2.45. The van der Waals surface area contributed by atoms with Crippen LogP contribution < -0.4 is 9.80 Å². The van der Waals surface area contributed by atoms with E-state index in [4.69, 9.17) is 4.42 Å². The SMILES string of the molecule is Cc1ccc2c(oc3ncccc32)c1N1CN(CC(C)C)c2ccccc21. The number of para-hydroxylation sites is 2. The summed E-state index contributed by atoms with van der Waals surface area (Å²) in [5.41, 5.74) is 6.50. The molecule has 2 aromatic heterocycles. The van der Waals surface area contributed by atoms with Gasteiger partial charge in [0.25, 0.3) is 0 Å². The third-order valence-electron chi connectivity index (χ3n) is 5.27. The minimum absolute atomic E-state index is 0.602. The van der Waals surface area contributed by atoms with Gasteiger partial charge in [-0.1, -0.05) is 38.1 Å². The molecule has 1 aliphatic heterocycles. The molecular weight excluding hydrogens is 334 g/mol. The second-order valence-corrected chi connectivity index (χ2v) is 7.74. The van der Waals surface area contributed by atoms with Crippen LogP contribution in [0.1, 0.15) is 19.4 Å². The van der Waals surface area contributed by atoms with E-state index in [0.717, 1.165) is 35.3 Å². The van der Waals surface area contributed by atoms with Crippen LogP contribution in [0.15, 0.2) is 59.1 Å². The summed E-state index contributed by atoms with van der Waals surface area (Å²) in [6, 6.07) is 17.0. The summed E-state index contributed by atoms with van der Waals surface area (Å²) >= 11 is 0. The van der Waals surface area contributed by atoms with Gasteiger partial charge in [-0.2, -0.15) is 0 Å². The molecule has 5 rings (SSSR count). The van der Waals surface area contributed by atoms with Crippen molar-refractivity contribution in [2.75, 3.05) is 23.0 Å². The molecule has 136 valence electrons.